The molecule has 2 aromatic rings. The number of anilines is 1. The lowest BCUT2D eigenvalue weighted by atomic mass is 10.1. The summed E-state index contributed by atoms with van der Waals surface area (Å²) in [7, 11) is -3.27. The molecule has 0 amide bonds. The first-order valence-electron chi connectivity index (χ1n) is 7.80. The number of fused-ring (bicyclic) bond motifs is 1. The summed E-state index contributed by atoms with van der Waals surface area (Å²) in [5.41, 5.74) is 1.47. The molecule has 4 rings (SSSR count). The fourth-order valence-electron chi connectivity index (χ4n) is 2.70. The molecule has 2 heterocycles. The Morgan fingerprint density at radius 2 is 1.73 bits per heavy atom. The number of hydrogen-bond acceptors (Lipinski definition) is 6. The Labute approximate surface area is 150 Å². The molecule has 1 N–H and O–H groups in total. The van der Waals surface area contributed by atoms with Gasteiger partial charge in [-0.25, -0.2) is 17.8 Å². The Bertz CT molecular complexity index is 1040. The van der Waals surface area contributed by atoms with Crippen LogP contribution < -0.4 is 10.2 Å². The Morgan fingerprint density at radius 1 is 1.04 bits per heavy atom. The van der Waals surface area contributed by atoms with Crippen LogP contribution in [0.5, 0.6) is 0 Å². The van der Waals surface area contributed by atoms with Crippen molar-refractivity contribution in [2.24, 2.45) is 5.10 Å². The molecule has 0 aromatic heterocycles. The van der Waals surface area contributed by atoms with Crippen LogP contribution in [-0.4, -0.2) is 25.5 Å². The number of hydrazone groups is 1. The monoisotopic (exact) mass is 370 g/mol. The van der Waals surface area contributed by atoms with Gasteiger partial charge in [0.2, 0.25) is 0 Å². The van der Waals surface area contributed by atoms with E-state index in [1.165, 1.54) is 18.4 Å². The molecular formula is C18H15FN4O2S. The van der Waals surface area contributed by atoms with Crippen LogP contribution in [0, 0.1) is 5.82 Å². The van der Waals surface area contributed by atoms with E-state index in [-0.39, 0.29) is 10.7 Å². The Morgan fingerprint density at radius 3 is 2.38 bits per heavy atom. The molecule has 26 heavy (non-hydrogen) atoms. The first-order chi connectivity index (χ1) is 12.4. The number of nitrogens with zero attached hydrogens (tertiary/aromatic N) is 3. The highest BCUT2D eigenvalue weighted by Gasteiger charge is 2.25. The first-order valence-corrected chi connectivity index (χ1v) is 9.69. The minimum absolute atomic E-state index is 0.244. The molecule has 132 valence electrons. The normalized spacial score (nSPS) is 16.1. The topological polar surface area (TPSA) is 65.0 Å². The zero-order valence-corrected chi connectivity index (χ0v) is 14.6. The molecule has 2 aliphatic heterocycles. The SMILES string of the molecule is CS(=O)(=O)c1ccc(N2C=C3NC=CN3N=C2c2ccc(F)cc2)cc1. The van der Waals surface area contributed by atoms with Gasteiger partial charge in [-0.1, -0.05) is 0 Å². The number of benzene rings is 2. The van der Waals surface area contributed by atoms with Crippen LogP contribution in [0.4, 0.5) is 10.1 Å². The summed E-state index contributed by atoms with van der Waals surface area (Å²) in [4.78, 5) is 2.07. The number of hydrogen-bond donors (Lipinski definition) is 1. The minimum atomic E-state index is -3.27. The van der Waals surface area contributed by atoms with Crippen molar-refractivity contribution < 1.29 is 12.8 Å². The van der Waals surface area contributed by atoms with Crippen LogP contribution in [-0.2, 0) is 9.84 Å². The van der Waals surface area contributed by atoms with Crippen LogP contribution in [0.3, 0.4) is 0 Å². The van der Waals surface area contributed by atoms with Crippen molar-refractivity contribution in [2.45, 2.75) is 4.90 Å². The van der Waals surface area contributed by atoms with Gasteiger partial charge in [-0.3, -0.25) is 4.90 Å². The molecule has 0 spiro atoms. The second-order valence-corrected chi connectivity index (χ2v) is 7.90. The summed E-state index contributed by atoms with van der Waals surface area (Å²) in [6, 6.07) is 12.6. The lowest BCUT2D eigenvalue weighted by molar-refractivity contribution is 0.489. The maximum absolute atomic E-state index is 13.3. The standard InChI is InChI=1S/C18H15FN4O2S/c1-26(24,25)16-8-6-15(7-9-16)22-12-17-20-10-11-23(17)21-18(22)13-2-4-14(19)5-3-13/h2-12,20H,1H3. The zero-order valence-electron chi connectivity index (χ0n) is 13.8. The van der Waals surface area contributed by atoms with Crippen molar-refractivity contribution in [1.29, 1.82) is 0 Å². The van der Waals surface area contributed by atoms with Crippen LogP contribution in [0.2, 0.25) is 0 Å². The molecule has 0 radical (unpaired) electrons. The van der Waals surface area contributed by atoms with Gasteiger partial charge in [0.05, 0.1) is 11.1 Å². The van der Waals surface area contributed by atoms with Crippen molar-refractivity contribution in [3.05, 3.63) is 84.3 Å². The summed E-state index contributed by atoms with van der Waals surface area (Å²) in [6.45, 7) is 0. The smallest absolute Gasteiger partial charge is 0.175 e. The maximum Gasteiger partial charge on any atom is 0.175 e. The molecule has 2 aromatic carbocycles. The number of amidine groups is 1. The first kappa shape index (κ1) is 16.3. The third kappa shape index (κ3) is 2.95. The van der Waals surface area contributed by atoms with Gasteiger partial charge in [0.25, 0.3) is 0 Å². The van der Waals surface area contributed by atoms with Gasteiger partial charge in [-0.05, 0) is 48.5 Å². The van der Waals surface area contributed by atoms with E-state index in [1.54, 1.807) is 53.8 Å². The van der Waals surface area contributed by atoms with Crippen LogP contribution in [0.15, 0.2) is 82.9 Å². The Balaban J connectivity index is 1.77. The molecule has 0 fully saturated rings. The molecular weight excluding hydrogens is 355 g/mol. The van der Waals surface area contributed by atoms with E-state index in [0.29, 0.717) is 5.84 Å². The number of halogens is 1. The third-order valence-electron chi connectivity index (χ3n) is 4.02. The van der Waals surface area contributed by atoms with E-state index in [1.807, 2.05) is 11.1 Å². The largest absolute Gasteiger partial charge is 0.344 e. The van der Waals surface area contributed by atoms with Gasteiger partial charge in [-0.15, -0.1) is 5.10 Å². The van der Waals surface area contributed by atoms with Gasteiger partial charge in [0.15, 0.2) is 15.7 Å². The van der Waals surface area contributed by atoms with E-state index in [2.05, 4.69) is 10.4 Å². The Kier molecular flexibility index (Phi) is 3.77. The highest BCUT2D eigenvalue weighted by Crippen LogP contribution is 2.27. The maximum atomic E-state index is 13.3. The van der Waals surface area contributed by atoms with Gasteiger partial charge in [-0.2, -0.15) is 0 Å². The van der Waals surface area contributed by atoms with E-state index in [0.717, 1.165) is 17.1 Å². The van der Waals surface area contributed by atoms with Crippen LogP contribution in [0.25, 0.3) is 0 Å². The van der Waals surface area contributed by atoms with Gasteiger partial charge in [0, 0.05) is 29.9 Å². The fraction of sp³-hybridized carbons (Fsp3) is 0.0556. The van der Waals surface area contributed by atoms with E-state index in [9.17, 15) is 12.8 Å². The molecule has 0 atom stereocenters. The third-order valence-corrected chi connectivity index (χ3v) is 5.15. The molecule has 0 saturated heterocycles. The predicted octanol–water partition coefficient (Wildman–Crippen LogP) is 2.59. The number of sulfone groups is 1. The number of nitrogens with one attached hydrogen (secondary N) is 1. The average molecular weight is 370 g/mol. The van der Waals surface area contributed by atoms with E-state index < -0.39 is 9.84 Å². The molecule has 8 heteroatoms. The summed E-state index contributed by atoms with van der Waals surface area (Å²) in [5, 5.41) is 9.35. The van der Waals surface area contributed by atoms with Crippen molar-refractivity contribution >= 4 is 21.4 Å². The van der Waals surface area contributed by atoms with E-state index in [4.69, 9.17) is 0 Å². The fourth-order valence-corrected chi connectivity index (χ4v) is 3.33. The summed E-state index contributed by atoms with van der Waals surface area (Å²) in [5.74, 6) is 1.02. The average Bonchev–Trinajstić information content (AvgIpc) is 3.08. The lowest BCUT2D eigenvalue weighted by Gasteiger charge is -2.30. The highest BCUT2D eigenvalue weighted by molar-refractivity contribution is 7.90. The summed E-state index contributed by atoms with van der Waals surface area (Å²) in [6.07, 6.45) is 6.55. The van der Waals surface area contributed by atoms with Crippen molar-refractivity contribution in [1.82, 2.24) is 10.3 Å². The van der Waals surface area contributed by atoms with Crippen molar-refractivity contribution in [3.8, 4) is 0 Å². The lowest BCUT2D eigenvalue weighted by Crippen LogP contribution is -2.35. The summed E-state index contributed by atoms with van der Waals surface area (Å²) >= 11 is 0. The Hall–Kier alpha value is -3.13. The minimum Gasteiger partial charge on any atom is -0.344 e. The van der Waals surface area contributed by atoms with Crippen molar-refractivity contribution in [2.75, 3.05) is 11.2 Å². The van der Waals surface area contributed by atoms with Crippen molar-refractivity contribution in [3.63, 3.8) is 0 Å². The molecule has 0 bridgehead atoms. The molecule has 0 saturated carbocycles. The molecule has 6 nitrogen and oxygen atoms in total. The predicted molar refractivity (Wildman–Crippen MR) is 97.2 cm³/mol. The van der Waals surface area contributed by atoms with Gasteiger partial charge >= 0.3 is 0 Å². The highest BCUT2D eigenvalue weighted by atomic mass is 32.2. The van der Waals surface area contributed by atoms with Crippen LogP contribution in [0.1, 0.15) is 5.56 Å². The van der Waals surface area contributed by atoms with E-state index >= 15 is 0 Å². The second kappa shape index (κ2) is 5.99. The summed E-state index contributed by atoms with van der Waals surface area (Å²) < 4.78 is 36.6. The second-order valence-electron chi connectivity index (χ2n) is 5.89. The van der Waals surface area contributed by atoms with Gasteiger partial charge < -0.3 is 5.32 Å². The van der Waals surface area contributed by atoms with Crippen LogP contribution >= 0.6 is 0 Å². The molecule has 2 aliphatic rings. The molecule has 0 aliphatic carbocycles. The molecule has 0 unspecified atom stereocenters. The quantitative estimate of drug-likeness (QED) is 0.900. The van der Waals surface area contributed by atoms with Gasteiger partial charge in [0.1, 0.15) is 11.6 Å². The zero-order chi connectivity index (χ0) is 18.3. The number of rotatable bonds is 3.